The smallest absolute Gasteiger partial charge is 0.346 e. The molecule has 0 saturated heterocycles. The summed E-state index contributed by atoms with van der Waals surface area (Å²) in [6.45, 7) is 2.50. The maximum absolute atomic E-state index is 11.3. The number of fused-ring (bicyclic) bond motifs is 1. The molecule has 23 heavy (non-hydrogen) atoms. The minimum atomic E-state index is -0.292. The van der Waals surface area contributed by atoms with E-state index < -0.39 is 0 Å². The number of thioether (sulfide) groups is 1. The van der Waals surface area contributed by atoms with Crippen molar-refractivity contribution in [1.29, 1.82) is 0 Å². The molecule has 0 aliphatic carbocycles. The van der Waals surface area contributed by atoms with Crippen LogP contribution in [-0.2, 0) is 0 Å². The van der Waals surface area contributed by atoms with Gasteiger partial charge < -0.3 is 9.72 Å². The van der Waals surface area contributed by atoms with E-state index in [1.165, 1.54) is 10.8 Å². The van der Waals surface area contributed by atoms with Gasteiger partial charge in [0.2, 0.25) is 0 Å². The molecule has 118 valence electrons. The van der Waals surface area contributed by atoms with E-state index in [4.69, 9.17) is 4.74 Å². The molecular weight excluding hydrogens is 308 g/mol. The summed E-state index contributed by atoms with van der Waals surface area (Å²) in [5.74, 6) is 1.75. The Balaban J connectivity index is 1.48. The molecule has 0 unspecified atom stereocenters. The third-order valence-corrected chi connectivity index (χ3v) is 4.38. The van der Waals surface area contributed by atoms with Crippen molar-refractivity contribution in [3.63, 3.8) is 0 Å². The molecule has 0 saturated carbocycles. The monoisotopic (exact) mass is 326 g/mol. The molecule has 0 amide bonds. The van der Waals surface area contributed by atoms with Crippen molar-refractivity contribution >= 4 is 22.5 Å². The van der Waals surface area contributed by atoms with Crippen LogP contribution in [0.5, 0.6) is 5.75 Å². The summed E-state index contributed by atoms with van der Waals surface area (Å²) in [7, 11) is 0. The summed E-state index contributed by atoms with van der Waals surface area (Å²) in [6.07, 6.45) is 0.894. The van der Waals surface area contributed by atoms with Gasteiger partial charge in [0.05, 0.1) is 6.61 Å². The third kappa shape index (κ3) is 4.36. The lowest BCUT2D eigenvalue weighted by atomic mass is 10.1. The summed E-state index contributed by atoms with van der Waals surface area (Å²) in [5, 5.41) is 3.16. The van der Waals surface area contributed by atoms with Crippen LogP contribution >= 0.6 is 11.8 Å². The van der Waals surface area contributed by atoms with Gasteiger partial charge in [-0.25, -0.2) is 4.79 Å². The Labute approximate surface area is 138 Å². The number of hydrogen-bond donors (Lipinski definition) is 1. The fraction of sp³-hybridized carbons (Fsp3) is 0.222. The largest absolute Gasteiger partial charge is 0.494 e. The number of aryl methyl sites for hydroxylation is 1. The lowest BCUT2D eigenvalue weighted by molar-refractivity contribution is 0.319. The second kappa shape index (κ2) is 7.33. The van der Waals surface area contributed by atoms with Crippen LogP contribution in [0, 0.1) is 6.92 Å². The predicted molar refractivity (Wildman–Crippen MR) is 94.4 cm³/mol. The zero-order valence-corrected chi connectivity index (χ0v) is 13.7. The SMILES string of the molecule is Cc1cc(SCCCOc2ccc3ccccc3c2)nc(=O)[nH]1. The van der Waals surface area contributed by atoms with E-state index >= 15 is 0 Å². The molecule has 0 aliphatic heterocycles. The molecule has 0 bridgehead atoms. The minimum Gasteiger partial charge on any atom is -0.494 e. The van der Waals surface area contributed by atoms with E-state index in [0.717, 1.165) is 28.6 Å². The van der Waals surface area contributed by atoms with Crippen molar-refractivity contribution in [1.82, 2.24) is 9.97 Å². The molecule has 0 spiro atoms. The van der Waals surface area contributed by atoms with Crippen molar-refractivity contribution in [2.75, 3.05) is 12.4 Å². The van der Waals surface area contributed by atoms with Crippen molar-refractivity contribution in [3.8, 4) is 5.75 Å². The van der Waals surface area contributed by atoms with Crippen molar-refractivity contribution < 1.29 is 4.74 Å². The number of aromatic amines is 1. The van der Waals surface area contributed by atoms with Crippen molar-refractivity contribution in [2.24, 2.45) is 0 Å². The Bertz CT molecular complexity index is 861. The fourth-order valence-electron chi connectivity index (χ4n) is 2.31. The van der Waals surface area contributed by atoms with E-state index in [1.54, 1.807) is 11.8 Å². The number of rotatable bonds is 6. The summed E-state index contributed by atoms with van der Waals surface area (Å²) >= 11 is 1.58. The summed E-state index contributed by atoms with van der Waals surface area (Å²) in [5.41, 5.74) is 0.542. The number of ether oxygens (including phenoxy) is 1. The number of nitrogens with one attached hydrogen (secondary N) is 1. The standard InChI is InChI=1S/C18H18N2O2S/c1-13-11-17(20-18(21)19-13)23-10-4-9-22-16-8-7-14-5-2-3-6-15(14)12-16/h2-3,5-8,11-12H,4,9-10H2,1H3,(H,19,20,21). The van der Waals surface area contributed by atoms with Gasteiger partial charge >= 0.3 is 5.69 Å². The molecule has 1 aromatic heterocycles. The number of benzene rings is 2. The van der Waals surface area contributed by atoms with Crippen LogP contribution in [0.25, 0.3) is 10.8 Å². The molecule has 2 aromatic carbocycles. The average Bonchev–Trinajstić information content (AvgIpc) is 2.53. The molecule has 1 heterocycles. The van der Waals surface area contributed by atoms with Crippen LogP contribution < -0.4 is 10.4 Å². The van der Waals surface area contributed by atoms with E-state index in [1.807, 2.05) is 31.2 Å². The van der Waals surface area contributed by atoms with E-state index in [9.17, 15) is 4.79 Å². The lowest BCUT2D eigenvalue weighted by Gasteiger charge is -2.07. The maximum atomic E-state index is 11.3. The molecule has 0 atom stereocenters. The van der Waals surface area contributed by atoms with Crippen molar-refractivity contribution in [3.05, 3.63) is 64.7 Å². The highest BCUT2D eigenvalue weighted by Crippen LogP contribution is 2.21. The van der Waals surface area contributed by atoms with Crippen LogP contribution in [0.2, 0.25) is 0 Å². The second-order valence-electron chi connectivity index (χ2n) is 5.27. The average molecular weight is 326 g/mol. The van der Waals surface area contributed by atoms with Gasteiger partial charge in [-0.05, 0) is 42.3 Å². The highest BCUT2D eigenvalue weighted by molar-refractivity contribution is 7.99. The van der Waals surface area contributed by atoms with E-state index in [-0.39, 0.29) is 5.69 Å². The van der Waals surface area contributed by atoms with Gasteiger partial charge in [-0.15, -0.1) is 11.8 Å². The summed E-state index contributed by atoms with van der Waals surface area (Å²) in [4.78, 5) is 17.9. The normalized spacial score (nSPS) is 10.8. The van der Waals surface area contributed by atoms with Gasteiger partial charge in [0, 0.05) is 11.4 Å². The second-order valence-corrected chi connectivity index (χ2v) is 6.38. The van der Waals surface area contributed by atoms with E-state index in [0.29, 0.717) is 6.61 Å². The molecule has 3 rings (SSSR count). The highest BCUT2D eigenvalue weighted by atomic mass is 32.2. The quantitative estimate of drug-likeness (QED) is 0.425. The Morgan fingerprint density at radius 2 is 1.96 bits per heavy atom. The number of aromatic nitrogens is 2. The zero-order chi connectivity index (χ0) is 16.1. The Morgan fingerprint density at radius 1 is 1.13 bits per heavy atom. The Hall–Kier alpha value is -2.27. The molecule has 4 nitrogen and oxygen atoms in total. The zero-order valence-electron chi connectivity index (χ0n) is 12.9. The van der Waals surface area contributed by atoms with Crippen LogP contribution in [0.3, 0.4) is 0 Å². The first kappa shape index (κ1) is 15.6. The molecular formula is C18H18N2O2S. The van der Waals surface area contributed by atoms with Gasteiger partial charge in [0.1, 0.15) is 10.8 Å². The Kier molecular flexibility index (Phi) is 4.98. The van der Waals surface area contributed by atoms with Gasteiger partial charge in [-0.2, -0.15) is 4.98 Å². The first-order valence-corrected chi connectivity index (χ1v) is 8.52. The first-order chi connectivity index (χ1) is 11.2. The van der Waals surface area contributed by atoms with Gasteiger partial charge in [0.15, 0.2) is 0 Å². The molecule has 0 fully saturated rings. The minimum absolute atomic E-state index is 0.292. The third-order valence-electron chi connectivity index (χ3n) is 3.38. The predicted octanol–water partition coefficient (Wildman–Crippen LogP) is 3.79. The van der Waals surface area contributed by atoms with Crippen LogP contribution in [0.4, 0.5) is 0 Å². The van der Waals surface area contributed by atoms with Crippen LogP contribution in [-0.4, -0.2) is 22.3 Å². The van der Waals surface area contributed by atoms with Gasteiger partial charge in [-0.3, -0.25) is 0 Å². The summed E-state index contributed by atoms with van der Waals surface area (Å²) < 4.78 is 5.80. The Morgan fingerprint density at radius 3 is 2.78 bits per heavy atom. The van der Waals surface area contributed by atoms with Gasteiger partial charge in [-0.1, -0.05) is 30.3 Å². The van der Waals surface area contributed by atoms with Crippen LogP contribution in [0.1, 0.15) is 12.1 Å². The van der Waals surface area contributed by atoms with E-state index in [2.05, 4.69) is 34.2 Å². The topological polar surface area (TPSA) is 55.0 Å². The number of nitrogens with zero attached hydrogens (tertiary/aromatic N) is 1. The molecule has 3 aromatic rings. The fourth-order valence-corrected chi connectivity index (χ4v) is 3.19. The number of H-pyrrole nitrogens is 1. The van der Waals surface area contributed by atoms with Crippen molar-refractivity contribution in [2.45, 2.75) is 18.4 Å². The molecule has 1 N–H and O–H groups in total. The van der Waals surface area contributed by atoms with Gasteiger partial charge in [0.25, 0.3) is 0 Å². The highest BCUT2D eigenvalue weighted by Gasteiger charge is 2.00. The molecule has 0 aliphatic rings. The summed E-state index contributed by atoms with van der Waals surface area (Å²) in [6, 6.07) is 16.2. The molecule has 5 heteroatoms. The number of hydrogen-bond acceptors (Lipinski definition) is 4. The maximum Gasteiger partial charge on any atom is 0.346 e. The first-order valence-electron chi connectivity index (χ1n) is 7.53. The van der Waals surface area contributed by atoms with Crippen LogP contribution in [0.15, 0.2) is 58.4 Å². The molecule has 0 radical (unpaired) electrons. The lowest BCUT2D eigenvalue weighted by Crippen LogP contribution is -2.11.